The maximum atomic E-state index is 12.5. The van der Waals surface area contributed by atoms with Crippen LogP contribution in [0.4, 0.5) is 5.69 Å². The quantitative estimate of drug-likeness (QED) is 0.371. The number of rotatable bonds is 6. The van der Waals surface area contributed by atoms with Crippen molar-refractivity contribution in [1.29, 1.82) is 0 Å². The maximum Gasteiger partial charge on any atom is 0.275 e. The molecular formula is C24H19ClN2O2S. The summed E-state index contributed by atoms with van der Waals surface area (Å²) in [6.45, 7) is 2.45. The highest BCUT2D eigenvalue weighted by molar-refractivity contribution is 7.13. The molecule has 0 fully saturated rings. The molecular weight excluding hydrogens is 416 g/mol. The predicted octanol–water partition coefficient (Wildman–Crippen LogP) is 6.60. The van der Waals surface area contributed by atoms with Crippen LogP contribution >= 0.6 is 22.9 Å². The number of ether oxygens (including phenoxy) is 1. The zero-order valence-corrected chi connectivity index (χ0v) is 17.8. The molecule has 0 bridgehead atoms. The minimum atomic E-state index is -0.225. The molecule has 3 aromatic carbocycles. The Hall–Kier alpha value is -3.15. The van der Waals surface area contributed by atoms with Crippen LogP contribution in [0, 0.1) is 6.92 Å². The van der Waals surface area contributed by atoms with Gasteiger partial charge in [-0.3, -0.25) is 4.79 Å². The van der Waals surface area contributed by atoms with E-state index in [1.807, 2.05) is 79.7 Å². The van der Waals surface area contributed by atoms with Crippen LogP contribution < -0.4 is 10.1 Å². The molecule has 6 heteroatoms. The van der Waals surface area contributed by atoms with Crippen LogP contribution in [0.3, 0.4) is 0 Å². The van der Waals surface area contributed by atoms with Crippen molar-refractivity contribution in [3.05, 3.63) is 100 Å². The van der Waals surface area contributed by atoms with Crippen LogP contribution in [-0.2, 0) is 6.61 Å². The van der Waals surface area contributed by atoms with E-state index in [2.05, 4.69) is 10.3 Å². The van der Waals surface area contributed by atoms with Crippen molar-refractivity contribution in [2.45, 2.75) is 13.5 Å². The molecule has 4 nitrogen and oxygen atoms in total. The summed E-state index contributed by atoms with van der Waals surface area (Å²) in [6.07, 6.45) is 0. The van der Waals surface area contributed by atoms with Crippen molar-refractivity contribution in [2.24, 2.45) is 0 Å². The Kier molecular flexibility index (Phi) is 6.12. The fourth-order valence-corrected chi connectivity index (χ4v) is 3.73. The lowest BCUT2D eigenvalue weighted by Gasteiger charge is -2.07. The summed E-state index contributed by atoms with van der Waals surface area (Å²) < 4.78 is 5.89. The monoisotopic (exact) mass is 434 g/mol. The van der Waals surface area contributed by atoms with Gasteiger partial charge in [-0.1, -0.05) is 53.6 Å². The minimum Gasteiger partial charge on any atom is -0.489 e. The van der Waals surface area contributed by atoms with Crippen molar-refractivity contribution in [2.75, 3.05) is 5.32 Å². The lowest BCUT2D eigenvalue weighted by molar-refractivity contribution is 0.102. The molecule has 150 valence electrons. The highest BCUT2D eigenvalue weighted by Crippen LogP contribution is 2.28. The van der Waals surface area contributed by atoms with Crippen molar-refractivity contribution < 1.29 is 9.53 Å². The average molecular weight is 435 g/mol. The third-order valence-corrected chi connectivity index (χ3v) is 5.59. The Balaban J connectivity index is 1.43. The first-order chi connectivity index (χ1) is 14.6. The Morgan fingerprint density at radius 2 is 1.83 bits per heavy atom. The number of hydrogen-bond donors (Lipinski definition) is 1. The van der Waals surface area contributed by atoms with E-state index >= 15 is 0 Å². The number of carbonyl (C=O) groups excluding carboxylic acids is 1. The van der Waals surface area contributed by atoms with Gasteiger partial charge in [0.2, 0.25) is 0 Å². The van der Waals surface area contributed by atoms with Gasteiger partial charge in [-0.05, 0) is 48.9 Å². The van der Waals surface area contributed by atoms with Gasteiger partial charge in [0.1, 0.15) is 23.1 Å². The summed E-state index contributed by atoms with van der Waals surface area (Å²) in [4.78, 5) is 17.0. The van der Waals surface area contributed by atoms with Crippen molar-refractivity contribution in [3.63, 3.8) is 0 Å². The van der Waals surface area contributed by atoms with Gasteiger partial charge in [0.05, 0.1) is 0 Å². The van der Waals surface area contributed by atoms with Crippen molar-refractivity contribution in [1.82, 2.24) is 4.98 Å². The largest absolute Gasteiger partial charge is 0.489 e. The Morgan fingerprint density at radius 1 is 1.07 bits per heavy atom. The molecule has 0 unspecified atom stereocenters. The normalized spacial score (nSPS) is 10.6. The number of halogens is 1. The highest BCUT2D eigenvalue weighted by atomic mass is 35.5. The number of carbonyl (C=O) groups is 1. The van der Waals surface area contributed by atoms with Crippen LogP contribution in [0.2, 0.25) is 5.02 Å². The number of benzene rings is 3. The fraction of sp³-hybridized carbons (Fsp3) is 0.0833. The SMILES string of the molecule is Cc1ccc(NC(=O)c2csc(-c3cccc(OCc4ccc(Cl)cc4)c3)n2)cc1. The Labute approximate surface area is 184 Å². The van der Waals surface area contributed by atoms with Gasteiger partial charge >= 0.3 is 0 Å². The summed E-state index contributed by atoms with van der Waals surface area (Å²) in [7, 11) is 0. The molecule has 0 spiro atoms. The molecule has 30 heavy (non-hydrogen) atoms. The second-order valence-corrected chi connectivity index (χ2v) is 8.10. The molecule has 0 saturated carbocycles. The zero-order chi connectivity index (χ0) is 20.9. The first kappa shape index (κ1) is 20.1. The van der Waals surface area contributed by atoms with Crippen LogP contribution in [0.25, 0.3) is 10.6 Å². The van der Waals surface area contributed by atoms with Crippen LogP contribution in [0.1, 0.15) is 21.6 Å². The van der Waals surface area contributed by atoms with Gasteiger partial charge in [0, 0.05) is 21.7 Å². The average Bonchev–Trinajstić information content (AvgIpc) is 3.26. The summed E-state index contributed by atoms with van der Waals surface area (Å²) >= 11 is 7.34. The molecule has 0 aliphatic carbocycles. The predicted molar refractivity (Wildman–Crippen MR) is 122 cm³/mol. The summed E-state index contributed by atoms with van der Waals surface area (Å²) in [5.74, 6) is 0.514. The number of hydrogen-bond acceptors (Lipinski definition) is 4. The van der Waals surface area contributed by atoms with Crippen molar-refractivity contribution in [3.8, 4) is 16.3 Å². The van der Waals surface area contributed by atoms with Gasteiger partial charge in [0.15, 0.2) is 0 Å². The molecule has 0 aliphatic heterocycles. The van der Waals surface area contributed by atoms with Gasteiger partial charge in [-0.25, -0.2) is 4.98 Å². The highest BCUT2D eigenvalue weighted by Gasteiger charge is 2.13. The van der Waals surface area contributed by atoms with E-state index in [4.69, 9.17) is 16.3 Å². The van der Waals surface area contributed by atoms with Gasteiger partial charge in [-0.15, -0.1) is 11.3 Å². The smallest absolute Gasteiger partial charge is 0.275 e. The number of thiazole rings is 1. The summed E-state index contributed by atoms with van der Waals surface area (Å²) in [6, 6.07) is 22.9. The second-order valence-electron chi connectivity index (χ2n) is 6.80. The second kappa shape index (κ2) is 9.11. The van der Waals surface area contributed by atoms with Crippen molar-refractivity contribution >= 4 is 34.5 Å². The Morgan fingerprint density at radius 3 is 2.60 bits per heavy atom. The van der Waals surface area contributed by atoms with E-state index in [-0.39, 0.29) is 5.91 Å². The van der Waals surface area contributed by atoms with Crippen LogP contribution in [0.5, 0.6) is 5.75 Å². The standard InChI is InChI=1S/C24H19ClN2O2S/c1-16-5-11-20(12-6-16)26-23(28)22-15-30-24(27-22)18-3-2-4-21(13-18)29-14-17-7-9-19(25)10-8-17/h2-13,15H,14H2,1H3,(H,26,28). The molecule has 4 rings (SSSR count). The number of amides is 1. The number of anilines is 1. The maximum absolute atomic E-state index is 12.5. The molecule has 1 heterocycles. The van der Waals surface area contributed by atoms with E-state index < -0.39 is 0 Å². The lowest BCUT2D eigenvalue weighted by atomic mass is 10.2. The third kappa shape index (κ3) is 5.06. The van der Waals surface area contributed by atoms with E-state index in [0.29, 0.717) is 17.3 Å². The number of aryl methyl sites for hydroxylation is 1. The Bertz CT molecular complexity index is 1150. The molecule has 1 aromatic heterocycles. The third-order valence-electron chi connectivity index (χ3n) is 4.45. The number of nitrogens with zero attached hydrogens (tertiary/aromatic N) is 1. The first-order valence-electron chi connectivity index (χ1n) is 9.38. The van der Waals surface area contributed by atoms with E-state index in [9.17, 15) is 4.79 Å². The first-order valence-corrected chi connectivity index (χ1v) is 10.6. The fourth-order valence-electron chi connectivity index (χ4n) is 2.81. The molecule has 0 saturated heterocycles. The van der Waals surface area contributed by atoms with E-state index in [0.717, 1.165) is 33.1 Å². The molecule has 1 N–H and O–H groups in total. The van der Waals surface area contributed by atoms with E-state index in [1.54, 1.807) is 5.38 Å². The minimum absolute atomic E-state index is 0.225. The molecule has 4 aromatic rings. The topological polar surface area (TPSA) is 51.2 Å². The lowest BCUT2D eigenvalue weighted by Crippen LogP contribution is -2.12. The van der Waals surface area contributed by atoms with Gasteiger partial charge in [0.25, 0.3) is 5.91 Å². The molecule has 0 radical (unpaired) electrons. The molecule has 0 aliphatic rings. The van der Waals surface area contributed by atoms with Gasteiger partial charge < -0.3 is 10.1 Å². The zero-order valence-electron chi connectivity index (χ0n) is 16.3. The van der Waals surface area contributed by atoms with E-state index in [1.165, 1.54) is 11.3 Å². The number of aromatic nitrogens is 1. The van der Waals surface area contributed by atoms with Crippen LogP contribution in [0.15, 0.2) is 78.2 Å². The van der Waals surface area contributed by atoms with Crippen LogP contribution in [-0.4, -0.2) is 10.9 Å². The van der Waals surface area contributed by atoms with Gasteiger partial charge in [-0.2, -0.15) is 0 Å². The molecule has 0 atom stereocenters. The molecule has 1 amide bonds. The summed E-state index contributed by atoms with van der Waals surface area (Å²) in [5, 5.41) is 6.10. The summed E-state index contributed by atoms with van der Waals surface area (Å²) in [5.41, 5.74) is 4.22. The number of nitrogens with one attached hydrogen (secondary N) is 1.